The van der Waals surface area contributed by atoms with Crippen molar-refractivity contribution in [2.45, 2.75) is 25.4 Å². The third kappa shape index (κ3) is 3.75. The molecule has 5 heteroatoms. The van der Waals surface area contributed by atoms with Gasteiger partial charge in [0.15, 0.2) is 0 Å². The Morgan fingerprint density at radius 1 is 1.63 bits per heavy atom. The van der Waals surface area contributed by atoms with E-state index in [1.807, 2.05) is 18.3 Å². The van der Waals surface area contributed by atoms with Gasteiger partial charge in [0.25, 0.3) is 0 Å². The molecule has 0 bridgehead atoms. The van der Waals surface area contributed by atoms with Gasteiger partial charge in [0.2, 0.25) is 5.91 Å². The van der Waals surface area contributed by atoms with Crippen LogP contribution in [0.15, 0.2) is 24.5 Å². The Hall–Kier alpha value is -1.46. The number of carbonyl (C=O) groups is 1. The molecule has 1 aromatic heterocycles. The van der Waals surface area contributed by atoms with Crippen molar-refractivity contribution in [3.8, 4) is 0 Å². The van der Waals surface area contributed by atoms with Crippen molar-refractivity contribution >= 4 is 5.91 Å². The van der Waals surface area contributed by atoms with E-state index in [4.69, 9.17) is 4.74 Å². The SMILES string of the molecule is CC(C)(CNC(=O)C1CNCCO1)c1cccnc1. The van der Waals surface area contributed by atoms with E-state index in [1.165, 1.54) is 0 Å². The van der Waals surface area contributed by atoms with Crippen LogP contribution in [-0.4, -0.2) is 43.2 Å². The van der Waals surface area contributed by atoms with Gasteiger partial charge in [-0.05, 0) is 11.6 Å². The lowest BCUT2D eigenvalue weighted by molar-refractivity contribution is -0.134. The van der Waals surface area contributed by atoms with E-state index in [9.17, 15) is 4.79 Å². The van der Waals surface area contributed by atoms with Crippen LogP contribution in [0.1, 0.15) is 19.4 Å². The first-order valence-corrected chi connectivity index (χ1v) is 6.60. The molecule has 0 spiro atoms. The zero-order chi connectivity index (χ0) is 13.7. The highest BCUT2D eigenvalue weighted by Crippen LogP contribution is 2.20. The zero-order valence-corrected chi connectivity index (χ0v) is 11.5. The maximum Gasteiger partial charge on any atom is 0.250 e. The molecule has 1 aliphatic rings. The standard InChI is InChI=1S/C14H21N3O2/c1-14(2,11-4-3-5-15-8-11)10-17-13(18)12-9-16-6-7-19-12/h3-5,8,12,16H,6-7,9-10H2,1-2H3,(H,17,18). The summed E-state index contributed by atoms with van der Waals surface area (Å²) in [6.45, 7) is 6.72. The Morgan fingerprint density at radius 2 is 2.47 bits per heavy atom. The van der Waals surface area contributed by atoms with Gasteiger partial charge in [-0.1, -0.05) is 19.9 Å². The van der Waals surface area contributed by atoms with Gasteiger partial charge in [-0.2, -0.15) is 0 Å². The minimum atomic E-state index is -0.376. The minimum Gasteiger partial charge on any atom is -0.366 e. The van der Waals surface area contributed by atoms with Crippen molar-refractivity contribution in [2.75, 3.05) is 26.2 Å². The van der Waals surface area contributed by atoms with Crippen LogP contribution in [-0.2, 0) is 14.9 Å². The van der Waals surface area contributed by atoms with Crippen LogP contribution >= 0.6 is 0 Å². The number of pyridine rings is 1. The van der Waals surface area contributed by atoms with E-state index in [1.54, 1.807) is 6.20 Å². The first-order chi connectivity index (χ1) is 9.09. The Kier molecular flexibility index (Phi) is 4.50. The summed E-state index contributed by atoms with van der Waals surface area (Å²) in [6, 6.07) is 3.94. The molecule has 5 nitrogen and oxygen atoms in total. The second-order valence-corrected chi connectivity index (χ2v) is 5.41. The van der Waals surface area contributed by atoms with E-state index in [-0.39, 0.29) is 17.4 Å². The number of nitrogens with zero attached hydrogens (tertiary/aromatic N) is 1. The van der Waals surface area contributed by atoms with Crippen LogP contribution in [0.2, 0.25) is 0 Å². The largest absolute Gasteiger partial charge is 0.366 e. The van der Waals surface area contributed by atoms with Gasteiger partial charge in [0.1, 0.15) is 6.10 Å². The molecule has 2 N–H and O–H groups in total. The number of hydrogen-bond donors (Lipinski definition) is 2. The fourth-order valence-corrected chi connectivity index (χ4v) is 2.02. The minimum absolute atomic E-state index is 0.0517. The number of ether oxygens (including phenoxy) is 1. The highest BCUT2D eigenvalue weighted by Gasteiger charge is 2.25. The first-order valence-electron chi connectivity index (χ1n) is 6.60. The Morgan fingerprint density at radius 3 is 3.11 bits per heavy atom. The number of rotatable bonds is 4. The van der Waals surface area contributed by atoms with Gasteiger partial charge in [0, 0.05) is 37.4 Å². The van der Waals surface area contributed by atoms with Gasteiger partial charge in [-0.15, -0.1) is 0 Å². The maximum absolute atomic E-state index is 12.0. The van der Waals surface area contributed by atoms with E-state index >= 15 is 0 Å². The number of aromatic nitrogens is 1. The first kappa shape index (κ1) is 14.0. The lowest BCUT2D eigenvalue weighted by Gasteiger charge is -2.28. The topological polar surface area (TPSA) is 63.2 Å². The normalized spacial score (nSPS) is 20.0. The monoisotopic (exact) mass is 263 g/mol. The molecule has 1 atom stereocenters. The molecule has 1 aliphatic heterocycles. The number of morpholine rings is 1. The van der Waals surface area contributed by atoms with Gasteiger partial charge in [0.05, 0.1) is 6.61 Å². The quantitative estimate of drug-likeness (QED) is 0.828. The zero-order valence-electron chi connectivity index (χ0n) is 11.5. The summed E-state index contributed by atoms with van der Waals surface area (Å²) in [5.41, 5.74) is 0.962. The fourth-order valence-electron chi connectivity index (χ4n) is 2.02. The Labute approximate surface area is 113 Å². The van der Waals surface area contributed by atoms with Crippen molar-refractivity contribution in [1.82, 2.24) is 15.6 Å². The van der Waals surface area contributed by atoms with Crippen molar-refractivity contribution < 1.29 is 9.53 Å². The van der Waals surface area contributed by atoms with E-state index < -0.39 is 0 Å². The Balaban J connectivity index is 1.88. The van der Waals surface area contributed by atoms with E-state index in [2.05, 4.69) is 29.5 Å². The molecule has 104 valence electrons. The third-order valence-electron chi connectivity index (χ3n) is 3.37. The van der Waals surface area contributed by atoms with Crippen LogP contribution in [0.4, 0.5) is 0 Å². The average Bonchev–Trinajstić information content (AvgIpc) is 2.47. The lowest BCUT2D eigenvalue weighted by Crippen LogP contribution is -2.49. The summed E-state index contributed by atoms with van der Waals surface area (Å²) in [5.74, 6) is -0.0517. The second-order valence-electron chi connectivity index (χ2n) is 5.41. The molecule has 1 saturated heterocycles. The predicted molar refractivity (Wildman–Crippen MR) is 72.9 cm³/mol. The Bertz CT molecular complexity index is 414. The number of carbonyl (C=O) groups excluding carboxylic acids is 1. The number of amides is 1. The van der Waals surface area contributed by atoms with E-state index in [0.717, 1.165) is 12.1 Å². The van der Waals surface area contributed by atoms with Crippen molar-refractivity contribution in [1.29, 1.82) is 0 Å². The van der Waals surface area contributed by atoms with Gasteiger partial charge < -0.3 is 15.4 Å². The number of hydrogen-bond acceptors (Lipinski definition) is 4. The van der Waals surface area contributed by atoms with Crippen molar-refractivity contribution in [2.24, 2.45) is 0 Å². The lowest BCUT2D eigenvalue weighted by atomic mass is 9.85. The summed E-state index contributed by atoms with van der Waals surface area (Å²) >= 11 is 0. The van der Waals surface area contributed by atoms with Gasteiger partial charge >= 0.3 is 0 Å². The molecule has 1 aromatic rings. The van der Waals surface area contributed by atoms with E-state index in [0.29, 0.717) is 19.7 Å². The molecule has 0 saturated carbocycles. The molecule has 1 unspecified atom stereocenters. The summed E-state index contributed by atoms with van der Waals surface area (Å²) < 4.78 is 5.42. The van der Waals surface area contributed by atoms with Crippen molar-refractivity contribution in [3.05, 3.63) is 30.1 Å². The summed E-state index contributed by atoms with van der Waals surface area (Å²) in [4.78, 5) is 16.1. The molecule has 0 radical (unpaired) electrons. The van der Waals surface area contributed by atoms with Crippen LogP contribution < -0.4 is 10.6 Å². The molecular formula is C14H21N3O2. The van der Waals surface area contributed by atoms with Gasteiger partial charge in [-0.25, -0.2) is 0 Å². The predicted octanol–water partition coefficient (Wildman–Crippen LogP) is 0.464. The molecule has 2 heterocycles. The van der Waals surface area contributed by atoms with Crippen LogP contribution in [0.3, 0.4) is 0 Å². The number of nitrogens with one attached hydrogen (secondary N) is 2. The third-order valence-corrected chi connectivity index (χ3v) is 3.37. The molecule has 1 amide bonds. The van der Waals surface area contributed by atoms with Crippen LogP contribution in [0.25, 0.3) is 0 Å². The molecule has 0 aromatic carbocycles. The van der Waals surface area contributed by atoms with Crippen molar-refractivity contribution in [3.63, 3.8) is 0 Å². The average molecular weight is 263 g/mol. The molecule has 19 heavy (non-hydrogen) atoms. The second kappa shape index (κ2) is 6.12. The smallest absolute Gasteiger partial charge is 0.250 e. The van der Waals surface area contributed by atoms with Crippen LogP contribution in [0, 0.1) is 0 Å². The molecule has 2 rings (SSSR count). The molecular weight excluding hydrogens is 242 g/mol. The summed E-state index contributed by atoms with van der Waals surface area (Å²) in [6.07, 6.45) is 3.21. The maximum atomic E-state index is 12.0. The van der Waals surface area contributed by atoms with Crippen LogP contribution in [0.5, 0.6) is 0 Å². The molecule has 0 aliphatic carbocycles. The summed E-state index contributed by atoms with van der Waals surface area (Å²) in [7, 11) is 0. The highest BCUT2D eigenvalue weighted by molar-refractivity contribution is 5.81. The van der Waals surface area contributed by atoms with Gasteiger partial charge in [-0.3, -0.25) is 9.78 Å². The molecule has 1 fully saturated rings. The highest BCUT2D eigenvalue weighted by atomic mass is 16.5. The summed E-state index contributed by atoms with van der Waals surface area (Å²) in [5, 5.41) is 6.11. The fraction of sp³-hybridized carbons (Fsp3) is 0.571.